The molecule has 0 heterocycles. The first-order valence-electron chi connectivity index (χ1n) is 8.31. The second-order valence-electron chi connectivity index (χ2n) is 5.45. The number of phenols is 1. The second kappa shape index (κ2) is 10.1. The molecule has 5 nitrogen and oxygen atoms in total. The van der Waals surface area contributed by atoms with Gasteiger partial charge in [0.2, 0.25) is 5.91 Å². The van der Waals surface area contributed by atoms with E-state index in [0.717, 1.165) is 23.7 Å². The van der Waals surface area contributed by atoms with Gasteiger partial charge in [0, 0.05) is 40.3 Å². The number of anilines is 1. The van der Waals surface area contributed by atoms with E-state index >= 15 is 0 Å². The number of phenolic OH excluding ortho intramolecular Hbond substituents is 1. The van der Waals surface area contributed by atoms with Gasteiger partial charge in [-0.05, 0) is 50.2 Å². The van der Waals surface area contributed by atoms with Gasteiger partial charge in [0.05, 0.1) is 12.0 Å². The Morgan fingerprint density at radius 1 is 1.23 bits per heavy atom. The topological polar surface area (TPSA) is 64.9 Å². The maximum absolute atomic E-state index is 11.8. The highest BCUT2D eigenvalue weighted by molar-refractivity contribution is 8.00. The van der Waals surface area contributed by atoms with Crippen LogP contribution < -0.4 is 10.3 Å². The van der Waals surface area contributed by atoms with Crippen LogP contribution in [0, 0.1) is 0 Å². The summed E-state index contributed by atoms with van der Waals surface area (Å²) in [5, 5.41) is 14.7. The Hall–Kier alpha value is -2.18. The summed E-state index contributed by atoms with van der Waals surface area (Å²) >= 11 is 7.22. The van der Waals surface area contributed by atoms with E-state index in [4.69, 9.17) is 11.6 Å². The van der Waals surface area contributed by atoms with Crippen molar-refractivity contribution < 1.29 is 9.90 Å². The molecule has 0 atom stereocenters. The molecule has 0 fully saturated rings. The lowest BCUT2D eigenvalue weighted by molar-refractivity contribution is -0.118. The molecule has 0 aromatic heterocycles. The molecule has 2 aromatic rings. The molecule has 0 aliphatic heterocycles. The number of halogens is 1. The van der Waals surface area contributed by atoms with Crippen molar-refractivity contribution >= 4 is 41.2 Å². The summed E-state index contributed by atoms with van der Waals surface area (Å²) in [6.45, 7) is 5.86. The Morgan fingerprint density at radius 3 is 2.54 bits per heavy atom. The zero-order chi connectivity index (χ0) is 18.9. The summed E-state index contributed by atoms with van der Waals surface area (Å²) in [4.78, 5) is 14.9. The number of thioether (sulfide) groups is 1. The number of benzene rings is 2. The second-order valence-corrected chi connectivity index (χ2v) is 6.94. The number of amides is 1. The predicted octanol–water partition coefficient (Wildman–Crippen LogP) is 4.13. The molecule has 26 heavy (non-hydrogen) atoms. The van der Waals surface area contributed by atoms with Gasteiger partial charge in [-0.1, -0.05) is 11.6 Å². The summed E-state index contributed by atoms with van der Waals surface area (Å²) < 4.78 is 0. The van der Waals surface area contributed by atoms with E-state index in [2.05, 4.69) is 29.3 Å². The predicted molar refractivity (Wildman–Crippen MR) is 110 cm³/mol. The van der Waals surface area contributed by atoms with Gasteiger partial charge in [-0.15, -0.1) is 11.8 Å². The van der Waals surface area contributed by atoms with Crippen molar-refractivity contribution in [3.8, 4) is 5.75 Å². The highest BCUT2D eigenvalue weighted by atomic mass is 35.5. The minimum atomic E-state index is -0.222. The first-order valence-corrected chi connectivity index (χ1v) is 9.68. The van der Waals surface area contributed by atoms with Crippen molar-refractivity contribution in [2.75, 3.05) is 23.7 Å². The van der Waals surface area contributed by atoms with Crippen molar-refractivity contribution in [3.63, 3.8) is 0 Å². The number of carbonyl (C=O) groups is 1. The van der Waals surface area contributed by atoms with Crippen molar-refractivity contribution in [2.45, 2.75) is 18.7 Å². The summed E-state index contributed by atoms with van der Waals surface area (Å²) in [5.74, 6) is 0.148. The summed E-state index contributed by atoms with van der Waals surface area (Å²) in [6.07, 6.45) is 1.44. The molecule has 1 amide bonds. The maximum atomic E-state index is 11.8. The number of nitrogens with zero attached hydrogens (tertiary/aromatic N) is 2. The Bertz CT molecular complexity index is 762. The molecule has 0 radical (unpaired) electrons. The van der Waals surface area contributed by atoms with Crippen LogP contribution in [0.4, 0.5) is 5.69 Å². The van der Waals surface area contributed by atoms with Crippen LogP contribution in [0.15, 0.2) is 52.5 Å². The third-order valence-corrected chi connectivity index (χ3v) is 4.98. The van der Waals surface area contributed by atoms with Crippen LogP contribution in [-0.2, 0) is 4.79 Å². The fraction of sp³-hybridized carbons (Fsp3) is 0.263. The minimum absolute atomic E-state index is 0.128. The first-order chi connectivity index (χ1) is 12.5. The SMILES string of the molecule is CCN(CC)c1ccc(/C=N/NC(=O)CSc2ccc(Cl)cc2)c(O)c1. The van der Waals surface area contributed by atoms with Crippen molar-refractivity contribution in [1.29, 1.82) is 0 Å². The van der Waals surface area contributed by atoms with Crippen LogP contribution in [-0.4, -0.2) is 36.1 Å². The number of rotatable bonds is 8. The molecule has 2 N–H and O–H groups in total. The average Bonchev–Trinajstić information content (AvgIpc) is 2.64. The maximum Gasteiger partial charge on any atom is 0.250 e. The van der Waals surface area contributed by atoms with Crippen LogP contribution in [0.25, 0.3) is 0 Å². The quantitative estimate of drug-likeness (QED) is 0.403. The molecule has 7 heteroatoms. The highest BCUT2D eigenvalue weighted by Gasteiger charge is 2.06. The molecule has 0 unspecified atom stereocenters. The summed E-state index contributed by atoms with van der Waals surface area (Å²) in [6, 6.07) is 12.7. The number of hydrogen-bond acceptors (Lipinski definition) is 5. The van der Waals surface area contributed by atoms with Crippen molar-refractivity contribution in [1.82, 2.24) is 5.43 Å². The molecular weight excluding hydrogens is 370 g/mol. The molecule has 138 valence electrons. The average molecular weight is 392 g/mol. The normalized spacial score (nSPS) is 10.9. The van der Waals surface area contributed by atoms with Gasteiger partial charge in [-0.3, -0.25) is 4.79 Å². The highest BCUT2D eigenvalue weighted by Crippen LogP contribution is 2.23. The third-order valence-electron chi connectivity index (χ3n) is 3.72. The first kappa shape index (κ1) is 20.1. The summed E-state index contributed by atoms with van der Waals surface area (Å²) in [7, 11) is 0. The smallest absolute Gasteiger partial charge is 0.250 e. The Kier molecular flexibility index (Phi) is 7.81. The lowest BCUT2D eigenvalue weighted by Gasteiger charge is -2.21. The monoisotopic (exact) mass is 391 g/mol. The molecule has 2 rings (SSSR count). The van der Waals surface area contributed by atoms with Crippen LogP contribution in [0.2, 0.25) is 5.02 Å². The van der Waals surface area contributed by atoms with E-state index in [1.54, 1.807) is 24.3 Å². The van der Waals surface area contributed by atoms with Gasteiger partial charge in [0.15, 0.2) is 0 Å². The molecule has 0 bridgehead atoms. The molecule has 0 saturated heterocycles. The van der Waals surface area contributed by atoms with Gasteiger partial charge in [-0.2, -0.15) is 5.10 Å². The molecule has 0 aliphatic rings. The van der Waals surface area contributed by atoms with Gasteiger partial charge in [0.25, 0.3) is 0 Å². The van der Waals surface area contributed by atoms with Gasteiger partial charge in [-0.25, -0.2) is 5.43 Å². The fourth-order valence-corrected chi connectivity index (χ4v) is 3.13. The number of carbonyl (C=O) groups excluding carboxylic acids is 1. The van der Waals surface area contributed by atoms with E-state index in [1.807, 2.05) is 18.2 Å². The number of hydrogen-bond donors (Lipinski definition) is 2. The van der Waals surface area contributed by atoms with Crippen LogP contribution >= 0.6 is 23.4 Å². The molecule has 0 aliphatic carbocycles. The van der Waals surface area contributed by atoms with Crippen LogP contribution in [0.1, 0.15) is 19.4 Å². The van der Waals surface area contributed by atoms with Crippen molar-refractivity contribution in [2.24, 2.45) is 5.10 Å². The minimum Gasteiger partial charge on any atom is -0.507 e. The molecule has 2 aromatic carbocycles. The zero-order valence-corrected chi connectivity index (χ0v) is 16.3. The van der Waals surface area contributed by atoms with Gasteiger partial charge < -0.3 is 10.0 Å². The zero-order valence-electron chi connectivity index (χ0n) is 14.8. The molecule has 0 spiro atoms. The number of nitrogens with one attached hydrogen (secondary N) is 1. The van der Waals surface area contributed by atoms with E-state index in [0.29, 0.717) is 10.6 Å². The third kappa shape index (κ3) is 5.97. The Morgan fingerprint density at radius 2 is 1.92 bits per heavy atom. The van der Waals surface area contributed by atoms with Crippen LogP contribution in [0.3, 0.4) is 0 Å². The summed E-state index contributed by atoms with van der Waals surface area (Å²) in [5.41, 5.74) is 3.96. The number of hydrazone groups is 1. The van der Waals surface area contributed by atoms with E-state index in [9.17, 15) is 9.90 Å². The number of aromatic hydroxyl groups is 1. The Balaban J connectivity index is 1.87. The van der Waals surface area contributed by atoms with Crippen molar-refractivity contribution in [3.05, 3.63) is 53.1 Å². The molecule has 0 saturated carbocycles. The van der Waals surface area contributed by atoms with E-state index < -0.39 is 0 Å². The van der Waals surface area contributed by atoms with E-state index in [-0.39, 0.29) is 17.4 Å². The largest absolute Gasteiger partial charge is 0.507 e. The van der Waals surface area contributed by atoms with E-state index in [1.165, 1.54) is 18.0 Å². The Labute approximate surface area is 163 Å². The van der Waals surface area contributed by atoms with Gasteiger partial charge >= 0.3 is 0 Å². The fourth-order valence-electron chi connectivity index (χ4n) is 2.31. The lowest BCUT2D eigenvalue weighted by Crippen LogP contribution is -2.21. The standard InChI is InChI=1S/C19H22ClN3O2S/c1-3-23(4-2)16-8-5-14(18(24)11-16)12-21-22-19(25)13-26-17-9-6-15(20)7-10-17/h5-12,24H,3-4,13H2,1-2H3,(H,22,25)/b21-12+. The van der Waals surface area contributed by atoms with Gasteiger partial charge in [0.1, 0.15) is 5.75 Å². The van der Waals surface area contributed by atoms with Crippen LogP contribution in [0.5, 0.6) is 5.75 Å². The molecular formula is C19H22ClN3O2S. The lowest BCUT2D eigenvalue weighted by atomic mass is 10.2.